The number of aliphatic hydroxyl groups is 1. The van der Waals surface area contributed by atoms with Crippen LogP contribution in [0.5, 0.6) is 0 Å². The van der Waals surface area contributed by atoms with Crippen molar-refractivity contribution in [3.8, 4) is 0 Å². The second kappa shape index (κ2) is 10.1. The molecule has 34 heavy (non-hydrogen) atoms. The van der Waals surface area contributed by atoms with Crippen molar-refractivity contribution in [2.75, 3.05) is 6.54 Å². The highest BCUT2D eigenvalue weighted by Crippen LogP contribution is 2.40. The molecule has 2 aromatic carbocycles. The zero-order valence-corrected chi connectivity index (χ0v) is 20.9. The van der Waals surface area contributed by atoms with Gasteiger partial charge in [-0.05, 0) is 54.0 Å². The summed E-state index contributed by atoms with van der Waals surface area (Å²) in [5.74, 6) is 0.259. The Kier molecular flexibility index (Phi) is 7.10. The fourth-order valence-corrected chi connectivity index (χ4v) is 5.28. The number of carbonyl (C=O) groups excluding carboxylic acids is 1. The summed E-state index contributed by atoms with van der Waals surface area (Å²) in [5.41, 5.74) is 4.72. The molecule has 0 bridgehead atoms. The molecule has 3 unspecified atom stereocenters. The third kappa shape index (κ3) is 5.24. The number of aromatic nitrogens is 1. The Hall–Kier alpha value is -1.76. The number of carbonyl (C=O) groups is 1. The molecule has 1 aromatic heterocycles. The highest BCUT2D eigenvalue weighted by molar-refractivity contribution is 6.53. The SMILES string of the molecule is O=C(NCC1CC(O)CC(n2cc(Cc3ccc(C4CC4)cc3)c3c(Cl)cccc32)O1)C(Cl)Cl. The number of rotatable bonds is 7. The summed E-state index contributed by atoms with van der Waals surface area (Å²) in [7, 11) is 0. The van der Waals surface area contributed by atoms with Gasteiger partial charge in [0.2, 0.25) is 0 Å². The highest BCUT2D eigenvalue weighted by atomic mass is 35.5. The molecular weight excluding hydrogens is 495 g/mol. The minimum Gasteiger partial charge on any atom is -0.393 e. The second-order valence-electron chi connectivity index (χ2n) is 9.27. The van der Waals surface area contributed by atoms with Crippen LogP contribution < -0.4 is 5.32 Å². The molecule has 1 aliphatic carbocycles. The van der Waals surface area contributed by atoms with Gasteiger partial charge in [0.15, 0.2) is 4.84 Å². The van der Waals surface area contributed by atoms with Crippen LogP contribution in [0.2, 0.25) is 5.02 Å². The minimum absolute atomic E-state index is 0.225. The Labute approximate surface area is 213 Å². The number of nitrogens with one attached hydrogen (secondary N) is 1. The van der Waals surface area contributed by atoms with E-state index in [2.05, 4.69) is 40.3 Å². The second-order valence-corrected chi connectivity index (χ2v) is 10.8. The first-order valence-corrected chi connectivity index (χ1v) is 12.9. The highest BCUT2D eigenvalue weighted by Gasteiger charge is 2.31. The van der Waals surface area contributed by atoms with Crippen molar-refractivity contribution in [1.82, 2.24) is 9.88 Å². The quantitative estimate of drug-likeness (QED) is 0.391. The predicted octanol–water partition coefficient (Wildman–Crippen LogP) is 5.72. The number of halogens is 3. The van der Waals surface area contributed by atoms with Gasteiger partial charge >= 0.3 is 0 Å². The molecule has 1 amide bonds. The van der Waals surface area contributed by atoms with Crippen LogP contribution in [0.15, 0.2) is 48.7 Å². The van der Waals surface area contributed by atoms with Crippen molar-refractivity contribution in [2.24, 2.45) is 0 Å². The van der Waals surface area contributed by atoms with Crippen LogP contribution in [0, 0.1) is 0 Å². The summed E-state index contributed by atoms with van der Waals surface area (Å²) in [4.78, 5) is 10.6. The fraction of sp³-hybridized carbons (Fsp3) is 0.423. The van der Waals surface area contributed by atoms with E-state index in [0.29, 0.717) is 17.9 Å². The number of ether oxygens (including phenoxy) is 1. The summed E-state index contributed by atoms with van der Waals surface area (Å²) in [5, 5.41) is 14.9. The molecule has 2 N–H and O–H groups in total. The molecule has 0 radical (unpaired) electrons. The monoisotopic (exact) mass is 520 g/mol. The Morgan fingerprint density at radius 3 is 2.62 bits per heavy atom. The Morgan fingerprint density at radius 1 is 1.15 bits per heavy atom. The summed E-state index contributed by atoms with van der Waals surface area (Å²) >= 11 is 17.9. The maximum absolute atomic E-state index is 11.8. The van der Waals surface area contributed by atoms with E-state index in [1.807, 2.05) is 18.2 Å². The molecule has 1 aliphatic heterocycles. The van der Waals surface area contributed by atoms with Gasteiger partial charge < -0.3 is 19.7 Å². The first-order valence-electron chi connectivity index (χ1n) is 11.6. The Balaban J connectivity index is 1.40. The first-order chi connectivity index (χ1) is 16.4. The van der Waals surface area contributed by atoms with Crippen molar-refractivity contribution in [1.29, 1.82) is 0 Å². The first kappa shape index (κ1) is 24.0. The normalized spacial score (nSPS) is 22.9. The zero-order chi connectivity index (χ0) is 23.8. The van der Waals surface area contributed by atoms with Gasteiger partial charge in [-0.1, -0.05) is 65.1 Å². The van der Waals surface area contributed by atoms with E-state index in [4.69, 9.17) is 39.5 Å². The molecule has 3 atom stereocenters. The number of fused-ring (bicyclic) bond motifs is 1. The number of hydrogen-bond donors (Lipinski definition) is 2. The van der Waals surface area contributed by atoms with Gasteiger partial charge in [0.05, 0.1) is 22.7 Å². The summed E-state index contributed by atoms with van der Waals surface area (Å²) in [6, 6.07) is 14.7. The number of nitrogens with zero attached hydrogens (tertiary/aromatic N) is 1. The van der Waals surface area contributed by atoms with Gasteiger partial charge in [-0.3, -0.25) is 4.79 Å². The lowest BCUT2D eigenvalue weighted by Gasteiger charge is -2.34. The number of amides is 1. The van der Waals surface area contributed by atoms with Crippen LogP contribution in [-0.4, -0.2) is 39.2 Å². The lowest BCUT2D eigenvalue weighted by atomic mass is 10.0. The number of hydrogen-bond acceptors (Lipinski definition) is 3. The maximum atomic E-state index is 11.8. The van der Waals surface area contributed by atoms with Gasteiger partial charge in [-0.25, -0.2) is 0 Å². The van der Waals surface area contributed by atoms with E-state index >= 15 is 0 Å². The zero-order valence-electron chi connectivity index (χ0n) is 18.6. The van der Waals surface area contributed by atoms with E-state index < -0.39 is 16.8 Å². The molecule has 2 fully saturated rings. The molecule has 180 valence electrons. The molecule has 2 aliphatic rings. The van der Waals surface area contributed by atoms with Crippen LogP contribution in [0.25, 0.3) is 10.9 Å². The molecule has 1 saturated carbocycles. The fourth-order valence-electron chi connectivity index (χ4n) is 4.83. The van der Waals surface area contributed by atoms with E-state index in [0.717, 1.165) is 28.8 Å². The predicted molar refractivity (Wildman–Crippen MR) is 136 cm³/mol. The summed E-state index contributed by atoms with van der Waals surface area (Å²) < 4.78 is 8.35. The van der Waals surface area contributed by atoms with Crippen molar-refractivity contribution in [3.63, 3.8) is 0 Å². The third-order valence-corrected chi connectivity index (χ3v) is 7.39. The van der Waals surface area contributed by atoms with Gasteiger partial charge in [-0.2, -0.15) is 0 Å². The van der Waals surface area contributed by atoms with Crippen LogP contribution in [0.3, 0.4) is 0 Å². The molecule has 8 heteroatoms. The van der Waals surface area contributed by atoms with Gasteiger partial charge in [-0.15, -0.1) is 0 Å². The third-order valence-electron chi connectivity index (χ3n) is 6.68. The molecular formula is C26H27Cl3N2O3. The van der Waals surface area contributed by atoms with Crippen molar-refractivity contribution in [2.45, 2.75) is 61.3 Å². The Morgan fingerprint density at radius 2 is 1.91 bits per heavy atom. The van der Waals surface area contributed by atoms with Crippen LogP contribution in [-0.2, 0) is 16.0 Å². The van der Waals surface area contributed by atoms with E-state index in [9.17, 15) is 9.90 Å². The van der Waals surface area contributed by atoms with E-state index in [1.165, 1.54) is 24.0 Å². The summed E-state index contributed by atoms with van der Waals surface area (Å²) in [6.45, 7) is 0.225. The van der Waals surface area contributed by atoms with Crippen LogP contribution in [0.1, 0.15) is 54.5 Å². The van der Waals surface area contributed by atoms with Crippen molar-refractivity contribution >= 4 is 51.6 Å². The molecule has 1 saturated heterocycles. The largest absolute Gasteiger partial charge is 0.393 e. The smallest absolute Gasteiger partial charge is 0.253 e. The molecule has 0 spiro atoms. The number of alkyl halides is 2. The summed E-state index contributed by atoms with van der Waals surface area (Å²) in [6.07, 6.45) is 4.98. The molecule has 5 nitrogen and oxygen atoms in total. The van der Waals surface area contributed by atoms with Crippen LogP contribution >= 0.6 is 34.8 Å². The number of benzene rings is 2. The average Bonchev–Trinajstić information content (AvgIpc) is 3.60. The Bertz CT molecular complexity index is 1170. The molecule has 5 rings (SSSR count). The van der Waals surface area contributed by atoms with E-state index in [-0.39, 0.29) is 18.9 Å². The topological polar surface area (TPSA) is 63.5 Å². The lowest BCUT2D eigenvalue weighted by molar-refractivity contribution is -0.132. The number of aliphatic hydroxyl groups excluding tert-OH is 1. The van der Waals surface area contributed by atoms with Crippen molar-refractivity contribution in [3.05, 3.63) is 70.4 Å². The van der Waals surface area contributed by atoms with Gasteiger partial charge in [0, 0.05) is 31.0 Å². The van der Waals surface area contributed by atoms with Crippen LogP contribution in [0.4, 0.5) is 0 Å². The molecule has 2 heterocycles. The lowest BCUT2D eigenvalue weighted by Crippen LogP contribution is -2.42. The van der Waals surface area contributed by atoms with Gasteiger partial charge in [0.1, 0.15) is 6.23 Å². The standard InChI is InChI=1S/C26H27Cl3N2O3/c27-21-2-1-3-22-24(21)18(10-15-4-6-16(7-5-15)17-8-9-17)14-31(22)23-12-19(32)11-20(34-23)13-30-26(33)25(28)29/h1-7,14,17,19-20,23,25,32H,8-13H2,(H,30,33). The van der Waals surface area contributed by atoms with Crippen molar-refractivity contribution < 1.29 is 14.6 Å². The molecule has 3 aromatic rings. The van der Waals surface area contributed by atoms with E-state index in [1.54, 1.807) is 0 Å². The minimum atomic E-state index is -1.14. The average molecular weight is 522 g/mol. The maximum Gasteiger partial charge on any atom is 0.253 e. The van der Waals surface area contributed by atoms with Gasteiger partial charge in [0.25, 0.3) is 5.91 Å².